The van der Waals surface area contributed by atoms with Crippen molar-refractivity contribution in [2.24, 2.45) is 0 Å². The molecule has 5 aromatic rings. The van der Waals surface area contributed by atoms with Gasteiger partial charge in [0.25, 0.3) is 0 Å². The summed E-state index contributed by atoms with van der Waals surface area (Å²) < 4.78 is 22.2. The van der Waals surface area contributed by atoms with E-state index in [1.54, 1.807) is 17.5 Å². The predicted molar refractivity (Wildman–Crippen MR) is 149 cm³/mol. The zero-order valence-corrected chi connectivity index (χ0v) is 21.7. The van der Waals surface area contributed by atoms with Gasteiger partial charge in [-0.05, 0) is 64.1 Å². The van der Waals surface area contributed by atoms with Crippen LogP contribution < -0.4 is 0 Å². The summed E-state index contributed by atoms with van der Waals surface area (Å²) in [7, 11) is 0. The Morgan fingerprint density at radius 3 is 2.56 bits per heavy atom. The third-order valence-electron chi connectivity index (χ3n) is 6.11. The lowest BCUT2D eigenvalue weighted by Gasteiger charge is -2.13. The standard InChI is InChI=1S/C30H26N2O2S2/c1-20(2)26-17-25-7-4-12-31-29(25)27(18-26)24-6-3-5-22(15-24)16-28(30-32-13-14-35-30)23-10-8-21(9-11-23)19-36(33)34/h3-18,20H,19H2,1-2H3,(H,33,34)/p-1/b28-16-. The molecule has 0 aliphatic heterocycles. The van der Waals surface area contributed by atoms with E-state index < -0.39 is 11.1 Å². The maximum atomic E-state index is 11.1. The first-order chi connectivity index (χ1) is 17.5. The fraction of sp³-hybridized carbons (Fsp3) is 0.133. The minimum Gasteiger partial charge on any atom is -0.772 e. The summed E-state index contributed by atoms with van der Waals surface area (Å²) in [5.41, 5.74) is 8.32. The number of hydrogen-bond acceptors (Lipinski definition) is 5. The Balaban J connectivity index is 1.60. The number of benzene rings is 3. The van der Waals surface area contributed by atoms with Gasteiger partial charge in [-0.3, -0.25) is 9.19 Å². The Morgan fingerprint density at radius 1 is 1.00 bits per heavy atom. The first-order valence-electron chi connectivity index (χ1n) is 11.7. The van der Waals surface area contributed by atoms with Gasteiger partial charge in [0, 0.05) is 40.0 Å². The predicted octanol–water partition coefficient (Wildman–Crippen LogP) is 7.45. The Labute approximate surface area is 217 Å². The van der Waals surface area contributed by atoms with E-state index in [1.807, 2.05) is 41.9 Å². The molecule has 0 fully saturated rings. The molecule has 0 saturated carbocycles. The van der Waals surface area contributed by atoms with Crippen LogP contribution in [0.5, 0.6) is 0 Å². The Morgan fingerprint density at radius 2 is 1.83 bits per heavy atom. The first-order valence-corrected chi connectivity index (χ1v) is 13.9. The van der Waals surface area contributed by atoms with E-state index in [9.17, 15) is 8.76 Å². The zero-order chi connectivity index (χ0) is 25.1. The van der Waals surface area contributed by atoms with Crippen molar-refractivity contribution < 1.29 is 8.76 Å². The summed E-state index contributed by atoms with van der Waals surface area (Å²) in [6, 6.07) is 24.7. The molecule has 36 heavy (non-hydrogen) atoms. The SMILES string of the molecule is CC(C)c1cc(-c2cccc(/C=C(/c3ccc(CS(=O)[O-])cc3)c3nccs3)c2)c2ncccc2c1. The molecule has 3 aromatic carbocycles. The van der Waals surface area contributed by atoms with Gasteiger partial charge in [0.05, 0.1) is 5.52 Å². The van der Waals surface area contributed by atoms with E-state index in [-0.39, 0.29) is 5.75 Å². The van der Waals surface area contributed by atoms with E-state index in [1.165, 1.54) is 5.56 Å². The summed E-state index contributed by atoms with van der Waals surface area (Å²) >= 11 is -0.531. The van der Waals surface area contributed by atoms with Crippen molar-refractivity contribution in [3.63, 3.8) is 0 Å². The molecule has 180 valence electrons. The summed E-state index contributed by atoms with van der Waals surface area (Å²) in [4.78, 5) is 9.25. The second kappa shape index (κ2) is 10.7. The van der Waals surface area contributed by atoms with Crippen LogP contribution in [0.25, 0.3) is 33.7 Å². The molecule has 2 heterocycles. The van der Waals surface area contributed by atoms with E-state index in [2.05, 4.69) is 67.4 Å². The van der Waals surface area contributed by atoms with Crippen LogP contribution in [0.4, 0.5) is 0 Å². The van der Waals surface area contributed by atoms with Crippen molar-refractivity contribution >= 4 is 45.0 Å². The third-order valence-corrected chi connectivity index (χ3v) is 7.49. The van der Waals surface area contributed by atoms with Crippen LogP contribution in [0.15, 0.2) is 90.6 Å². The third kappa shape index (κ3) is 5.36. The number of hydrogen-bond donors (Lipinski definition) is 0. The van der Waals surface area contributed by atoms with Crippen molar-refractivity contribution in [2.45, 2.75) is 25.5 Å². The molecule has 1 unspecified atom stereocenters. The van der Waals surface area contributed by atoms with E-state index >= 15 is 0 Å². The molecule has 0 radical (unpaired) electrons. The number of fused-ring (bicyclic) bond motifs is 1. The van der Waals surface area contributed by atoms with Gasteiger partial charge in [0.1, 0.15) is 5.01 Å². The summed E-state index contributed by atoms with van der Waals surface area (Å²) in [5, 5.41) is 4.01. The minimum absolute atomic E-state index is 0.00998. The maximum Gasteiger partial charge on any atom is 0.123 e. The quantitative estimate of drug-likeness (QED) is 0.169. The second-order valence-electron chi connectivity index (χ2n) is 8.96. The fourth-order valence-electron chi connectivity index (χ4n) is 4.27. The van der Waals surface area contributed by atoms with Crippen LogP contribution in [0.1, 0.15) is 47.0 Å². The molecule has 0 N–H and O–H groups in total. The first kappa shape index (κ1) is 24.3. The second-order valence-corrected chi connectivity index (χ2v) is 10.8. The molecule has 1 atom stereocenters. The monoisotopic (exact) mass is 509 g/mol. The molecule has 2 aromatic heterocycles. The van der Waals surface area contributed by atoms with Gasteiger partial charge in [0.15, 0.2) is 0 Å². The molecule has 6 heteroatoms. The summed E-state index contributed by atoms with van der Waals surface area (Å²) in [6.07, 6.45) is 5.79. The molecule has 0 saturated heterocycles. The van der Waals surface area contributed by atoms with Crippen molar-refractivity contribution in [3.05, 3.63) is 118 Å². The van der Waals surface area contributed by atoms with Gasteiger partial charge in [-0.2, -0.15) is 0 Å². The molecule has 0 bridgehead atoms. The van der Waals surface area contributed by atoms with Gasteiger partial charge in [0.2, 0.25) is 0 Å². The Hall–Kier alpha value is -3.45. The summed E-state index contributed by atoms with van der Waals surface area (Å²) in [5.74, 6) is 0.422. The number of thiazole rings is 1. The lowest BCUT2D eigenvalue weighted by Crippen LogP contribution is -1.94. The van der Waals surface area contributed by atoms with E-state index in [4.69, 9.17) is 4.98 Å². The normalized spacial score (nSPS) is 12.8. The zero-order valence-electron chi connectivity index (χ0n) is 20.0. The topological polar surface area (TPSA) is 65.9 Å². The number of nitrogens with zero attached hydrogens (tertiary/aromatic N) is 2. The van der Waals surface area contributed by atoms with Crippen molar-refractivity contribution in [2.75, 3.05) is 0 Å². The number of pyridine rings is 1. The van der Waals surface area contributed by atoms with Crippen LogP contribution >= 0.6 is 11.3 Å². The molecular weight excluding hydrogens is 484 g/mol. The molecule has 5 rings (SSSR count). The van der Waals surface area contributed by atoms with Crippen LogP contribution in [-0.4, -0.2) is 18.7 Å². The van der Waals surface area contributed by atoms with Crippen molar-refractivity contribution in [1.29, 1.82) is 0 Å². The largest absolute Gasteiger partial charge is 0.772 e. The maximum absolute atomic E-state index is 11.1. The Kier molecular flexibility index (Phi) is 7.18. The van der Waals surface area contributed by atoms with Crippen LogP contribution in [-0.2, 0) is 16.8 Å². The van der Waals surface area contributed by atoms with Gasteiger partial charge in [-0.15, -0.1) is 11.3 Å². The Bertz CT molecular complexity index is 1560. The fourth-order valence-corrected chi connectivity index (χ4v) is 5.41. The lowest BCUT2D eigenvalue weighted by molar-refractivity contribution is 0.536. The number of rotatable bonds is 7. The molecule has 0 aliphatic rings. The average Bonchev–Trinajstić information content (AvgIpc) is 3.42. The molecule has 0 aliphatic carbocycles. The van der Waals surface area contributed by atoms with Gasteiger partial charge in [-0.1, -0.05) is 73.5 Å². The van der Waals surface area contributed by atoms with Gasteiger partial charge >= 0.3 is 0 Å². The molecule has 0 amide bonds. The smallest absolute Gasteiger partial charge is 0.123 e. The van der Waals surface area contributed by atoms with E-state index in [0.29, 0.717) is 5.92 Å². The number of aromatic nitrogens is 2. The molecule has 4 nitrogen and oxygen atoms in total. The summed E-state index contributed by atoms with van der Waals surface area (Å²) in [6.45, 7) is 4.42. The van der Waals surface area contributed by atoms with Crippen molar-refractivity contribution in [3.8, 4) is 11.1 Å². The van der Waals surface area contributed by atoms with Gasteiger partial charge in [-0.25, -0.2) is 4.98 Å². The van der Waals surface area contributed by atoms with Crippen LogP contribution in [0.3, 0.4) is 0 Å². The lowest BCUT2D eigenvalue weighted by atomic mass is 9.93. The van der Waals surface area contributed by atoms with Gasteiger partial charge < -0.3 is 4.55 Å². The van der Waals surface area contributed by atoms with E-state index in [0.717, 1.165) is 49.3 Å². The average molecular weight is 510 g/mol. The van der Waals surface area contributed by atoms with Crippen LogP contribution in [0, 0.1) is 0 Å². The highest BCUT2D eigenvalue weighted by Crippen LogP contribution is 2.33. The van der Waals surface area contributed by atoms with Crippen molar-refractivity contribution in [1.82, 2.24) is 9.97 Å². The highest BCUT2D eigenvalue weighted by molar-refractivity contribution is 7.78. The molecular formula is C30H25N2O2S2-. The van der Waals surface area contributed by atoms with Crippen LogP contribution in [0.2, 0.25) is 0 Å². The minimum atomic E-state index is -2.11. The molecule has 0 spiro atoms. The highest BCUT2D eigenvalue weighted by Gasteiger charge is 2.12. The highest BCUT2D eigenvalue weighted by atomic mass is 32.2.